The van der Waals surface area contributed by atoms with E-state index in [4.69, 9.17) is 4.74 Å². The fourth-order valence-corrected chi connectivity index (χ4v) is 3.00. The largest absolute Gasteiger partial charge is 0.452 e. The van der Waals surface area contributed by atoms with Gasteiger partial charge in [-0.25, -0.2) is 13.6 Å². The summed E-state index contributed by atoms with van der Waals surface area (Å²) in [7, 11) is 0. The summed E-state index contributed by atoms with van der Waals surface area (Å²) < 4.78 is 31.2. The van der Waals surface area contributed by atoms with Crippen molar-refractivity contribution in [3.05, 3.63) is 70.8 Å². The molecular formula is C19H17F2NO3. The van der Waals surface area contributed by atoms with Crippen LogP contribution in [0.15, 0.2) is 42.5 Å². The summed E-state index contributed by atoms with van der Waals surface area (Å²) in [4.78, 5) is 23.9. The van der Waals surface area contributed by atoms with Gasteiger partial charge in [-0.15, -0.1) is 0 Å². The number of hydrogen-bond acceptors (Lipinski definition) is 3. The zero-order valence-corrected chi connectivity index (χ0v) is 13.4. The first-order chi connectivity index (χ1) is 12.0. The Balaban J connectivity index is 1.58. The average Bonchev–Trinajstić information content (AvgIpc) is 2.60. The van der Waals surface area contributed by atoms with E-state index in [0.717, 1.165) is 37.0 Å². The third-order valence-corrected chi connectivity index (χ3v) is 4.19. The van der Waals surface area contributed by atoms with E-state index < -0.39 is 35.7 Å². The van der Waals surface area contributed by atoms with Gasteiger partial charge in [0.15, 0.2) is 6.61 Å². The number of fused-ring (bicyclic) bond motifs is 1. The molecule has 0 saturated carbocycles. The first-order valence-corrected chi connectivity index (χ1v) is 8.04. The lowest BCUT2D eigenvalue weighted by Crippen LogP contribution is -2.34. The summed E-state index contributed by atoms with van der Waals surface area (Å²) >= 11 is 0. The molecule has 4 nitrogen and oxygen atoms in total. The van der Waals surface area contributed by atoms with E-state index in [1.54, 1.807) is 0 Å². The molecule has 25 heavy (non-hydrogen) atoms. The molecule has 0 fully saturated rings. The van der Waals surface area contributed by atoms with Crippen molar-refractivity contribution in [3.8, 4) is 0 Å². The van der Waals surface area contributed by atoms with Crippen LogP contribution in [0.1, 0.15) is 40.4 Å². The molecule has 2 aromatic carbocycles. The summed E-state index contributed by atoms with van der Waals surface area (Å²) in [6.45, 7) is -0.520. The van der Waals surface area contributed by atoms with Gasteiger partial charge in [0, 0.05) is 6.07 Å². The number of esters is 1. The molecular weight excluding hydrogens is 328 g/mol. The van der Waals surface area contributed by atoms with Crippen molar-refractivity contribution in [3.63, 3.8) is 0 Å². The molecule has 0 saturated heterocycles. The average molecular weight is 345 g/mol. The van der Waals surface area contributed by atoms with Crippen LogP contribution in [0, 0.1) is 11.6 Å². The van der Waals surface area contributed by atoms with Gasteiger partial charge in [-0.05, 0) is 42.5 Å². The normalized spacial score (nSPS) is 16.0. The van der Waals surface area contributed by atoms with Crippen molar-refractivity contribution in [2.75, 3.05) is 6.61 Å². The van der Waals surface area contributed by atoms with Gasteiger partial charge in [0.2, 0.25) is 0 Å². The maximum atomic E-state index is 13.5. The van der Waals surface area contributed by atoms with Crippen LogP contribution >= 0.6 is 0 Å². The van der Waals surface area contributed by atoms with Gasteiger partial charge in [0.25, 0.3) is 5.91 Å². The van der Waals surface area contributed by atoms with Gasteiger partial charge < -0.3 is 10.1 Å². The number of carbonyl (C=O) groups is 2. The van der Waals surface area contributed by atoms with Crippen molar-refractivity contribution in [2.24, 2.45) is 0 Å². The Hall–Kier alpha value is -2.76. The van der Waals surface area contributed by atoms with E-state index in [1.807, 2.05) is 24.3 Å². The van der Waals surface area contributed by atoms with Gasteiger partial charge in [-0.2, -0.15) is 0 Å². The summed E-state index contributed by atoms with van der Waals surface area (Å²) in [6, 6.07) is 10.3. The summed E-state index contributed by atoms with van der Waals surface area (Å²) in [5, 5.41) is 2.84. The maximum Gasteiger partial charge on any atom is 0.341 e. The van der Waals surface area contributed by atoms with E-state index in [9.17, 15) is 18.4 Å². The van der Waals surface area contributed by atoms with Crippen molar-refractivity contribution in [1.82, 2.24) is 5.32 Å². The minimum Gasteiger partial charge on any atom is -0.452 e. The highest BCUT2D eigenvalue weighted by atomic mass is 19.1. The monoisotopic (exact) mass is 345 g/mol. The van der Waals surface area contributed by atoms with E-state index in [-0.39, 0.29) is 6.04 Å². The molecule has 1 N–H and O–H groups in total. The van der Waals surface area contributed by atoms with Crippen molar-refractivity contribution in [1.29, 1.82) is 0 Å². The van der Waals surface area contributed by atoms with Crippen LogP contribution in [-0.4, -0.2) is 18.5 Å². The summed E-state index contributed by atoms with van der Waals surface area (Å²) in [6.07, 6.45) is 2.74. The number of aryl methyl sites for hydroxylation is 1. The molecule has 1 atom stereocenters. The maximum absolute atomic E-state index is 13.5. The number of rotatable bonds is 4. The highest BCUT2D eigenvalue weighted by molar-refractivity contribution is 5.91. The predicted octanol–water partition coefficient (Wildman–Crippen LogP) is 3.32. The van der Waals surface area contributed by atoms with E-state index in [2.05, 4.69) is 5.32 Å². The second-order valence-corrected chi connectivity index (χ2v) is 5.91. The van der Waals surface area contributed by atoms with Gasteiger partial charge in [0.05, 0.1) is 11.6 Å². The highest BCUT2D eigenvalue weighted by Crippen LogP contribution is 2.29. The lowest BCUT2D eigenvalue weighted by molar-refractivity contribution is -0.125. The van der Waals surface area contributed by atoms with Crippen molar-refractivity contribution in [2.45, 2.75) is 25.3 Å². The predicted molar refractivity (Wildman–Crippen MR) is 86.9 cm³/mol. The molecule has 3 rings (SSSR count). The van der Waals surface area contributed by atoms with Crippen LogP contribution in [0.3, 0.4) is 0 Å². The Kier molecular flexibility index (Phi) is 5.07. The van der Waals surface area contributed by atoms with Gasteiger partial charge in [0.1, 0.15) is 11.6 Å². The minimum atomic E-state index is -1.02. The molecule has 0 aromatic heterocycles. The molecule has 1 aliphatic rings. The molecule has 6 heteroatoms. The first kappa shape index (κ1) is 17.1. The highest BCUT2D eigenvalue weighted by Gasteiger charge is 2.22. The van der Waals surface area contributed by atoms with Crippen molar-refractivity contribution < 1.29 is 23.1 Å². The molecule has 1 aliphatic carbocycles. The molecule has 2 aromatic rings. The van der Waals surface area contributed by atoms with Crippen LogP contribution < -0.4 is 5.32 Å². The Bertz CT molecular complexity index is 807. The number of halogens is 2. The molecule has 130 valence electrons. The van der Waals surface area contributed by atoms with Crippen LogP contribution in [0.25, 0.3) is 0 Å². The summed E-state index contributed by atoms with van der Waals surface area (Å²) in [5.41, 5.74) is 1.86. The van der Waals surface area contributed by atoms with Gasteiger partial charge in [-0.3, -0.25) is 4.79 Å². The minimum absolute atomic E-state index is 0.126. The number of benzene rings is 2. The van der Waals surface area contributed by atoms with Crippen LogP contribution in [0.5, 0.6) is 0 Å². The quantitative estimate of drug-likeness (QED) is 0.865. The van der Waals surface area contributed by atoms with E-state index in [1.165, 1.54) is 5.56 Å². The zero-order chi connectivity index (χ0) is 17.8. The topological polar surface area (TPSA) is 55.4 Å². The number of ether oxygens (including phenoxy) is 1. The van der Waals surface area contributed by atoms with Crippen LogP contribution in [-0.2, 0) is 16.0 Å². The third kappa shape index (κ3) is 4.02. The molecule has 0 radical (unpaired) electrons. The molecule has 0 bridgehead atoms. The fourth-order valence-electron chi connectivity index (χ4n) is 3.00. The molecule has 1 amide bonds. The van der Waals surface area contributed by atoms with E-state index in [0.29, 0.717) is 6.07 Å². The smallest absolute Gasteiger partial charge is 0.341 e. The van der Waals surface area contributed by atoms with Crippen LogP contribution in [0.4, 0.5) is 8.78 Å². The standard InChI is InChI=1S/C19H17F2NO3/c20-13-8-9-15(16(21)10-13)19(24)25-11-18(23)22-17-7-3-5-12-4-1-2-6-14(12)17/h1-2,4,6,8-10,17H,3,5,7,11H2,(H,22,23)/t17-/m0/s1. The summed E-state index contributed by atoms with van der Waals surface area (Å²) in [5.74, 6) is -3.27. The Morgan fingerprint density at radius 1 is 1.16 bits per heavy atom. The number of carbonyl (C=O) groups excluding carboxylic acids is 2. The SMILES string of the molecule is O=C(COC(=O)c1ccc(F)cc1F)N[C@H]1CCCc2ccccc21. The van der Waals surface area contributed by atoms with Gasteiger partial charge >= 0.3 is 5.97 Å². The Morgan fingerprint density at radius 2 is 1.96 bits per heavy atom. The lowest BCUT2D eigenvalue weighted by Gasteiger charge is -2.26. The Labute approximate surface area is 143 Å². The number of amides is 1. The Morgan fingerprint density at radius 3 is 2.76 bits per heavy atom. The van der Waals surface area contributed by atoms with Crippen molar-refractivity contribution >= 4 is 11.9 Å². The molecule has 0 spiro atoms. The first-order valence-electron chi connectivity index (χ1n) is 8.04. The lowest BCUT2D eigenvalue weighted by atomic mass is 9.88. The zero-order valence-electron chi connectivity index (χ0n) is 13.4. The fraction of sp³-hybridized carbons (Fsp3) is 0.263. The number of nitrogens with one attached hydrogen (secondary N) is 1. The second kappa shape index (κ2) is 7.42. The van der Waals surface area contributed by atoms with Gasteiger partial charge in [-0.1, -0.05) is 24.3 Å². The van der Waals surface area contributed by atoms with Crippen LogP contribution in [0.2, 0.25) is 0 Å². The molecule has 0 unspecified atom stereocenters. The molecule has 0 heterocycles. The van der Waals surface area contributed by atoms with E-state index >= 15 is 0 Å². The second-order valence-electron chi connectivity index (χ2n) is 5.91. The molecule has 0 aliphatic heterocycles. The number of hydrogen-bond donors (Lipinski definition) is 1. The third-order valence-electron chi connectivity index (χ3n) is 4.19.